The molecule has 3 aromatic carbocycles. The van der Waals surface area contributed by atoms with E-state index in [-0.39, 0.29) is 37.8 Å². The van der Waals surface area contributed by atoms with Crippen molar-refractivity contribution in [1.82, 2.24) is 15.3 Å². The maximum Gasteiger partial charge on any atom is 0.307 e. The lowest BCUT2D eigenvalue weighted by Crippen LogP contribution is -2.26. The minimum absolute atomic E-state index is 0.0620. The zero-order valence-corrected chi connectivity index (χ0v) is 18.4. The van der Waals surface area contributed by atoms with Crippen LogP contribution in [0.4, 0.5) is 5.69 Å². The van der Waals surface area contributed by atoms with Crippen molar-refractivity contribution in [1.29, 1.82) is 0 Å². The number of anilines is 1. The van der Waals surface area contributed by atoms with Gasteiger partial charge in [-0.3, -0.25) is 14.4 Å². The predicted molar refractivity (Wildman–Crippen MR) is 128 cm³/mol. The molecule has 0 radical (unpaired) electrons. The average molecular weight is 457 g/mol. The van der Waals surface area contributed by atoms with Crippen molar-refractivity contribution in [2.75, 3.05) is 11.9 Å². The van der Waals surface area contributed by atoms with Crippen molar-refractivity contribution in [3.05, 3.63) is 95.8 Å². The molecule has 0 aliphatic carbocycles. The molecule has 0 atom stereocenters. The van der Waals surface area contributed by atoms with E-state index in [1.165, 1.54) is 0 Å². The molecule has 0 bridgehead atoms. The predicted octanol–water partition coefficient (Wildman–Crippen LogP) is 3.61. The van der Waals surface area contributed by atoms with Gasteiger partial charge in [-0.25, -0.2) is 4.98 Å². The van der Waals surface area contributed by atoms with E-state index < -0.39 is 5.97 Å². The molecule has 1 heterocycles. The standard InChI is InChI=1S/C26H24N4O4/c31-24(16-23-29-21-11-4-5-12-22(21)30-23)28-20-10-6-9-19(15-20)26(33)27-14-13-25(32)34-17-18-7-2-1-3-8-18/h1-12,15H,13-14,16-17H2,(H,27,33)(H,28,31)(H,29,30). The fraction of sp³-hybridized carbons (Fsp3) is 0.154. The minimum Gasteiger partial charge on any atom is -0.461 e. The summed E-state index contributed by atoms with van der Waals surface area (Å²) in [7, 11) is 0. The zero-order valence-electron chi connectivity index (χ0n) is 18.4. The summed E-state index contributed by atoms with van der Waals surface area (Å²) in [5.41, 5.74) is 3.44. The first-order valence-electron chi connectivity index (χ1n) is 10.9. The summed E-state index contributed by atoms with van der Waals surface area (Å²) < 4.78 is 5.20. The van der Waals surface area contributed by atoms with Crippen molar-refractivity contribution >= 4 is 34.5 Å². The number of amides is 2. The SMILES string of the molecule is O=C(Cc1nc2ccccc2[nH]1)Nc1cccc(C(=O)NCCC(=O)OCc2ccccc2)c1. The van der Waals surface area contributed by atoms with Crippen LogP contribution in [0.25, 0.3) is 11.0 Å². The maximum atomic E-state index is 12.4. The van der Waals surface area contributed by atoms with E-state index >= 15 is 0 Å². The van der Waals surface area contributed by atoms with E-state index in [2.05, 4.69) is 20.6 Å². The van der Waals surface area contributed by atoms with Gasteiger partial charge in [-0.15, -0.1) is 0 Å². The highest BCUT2D eigenvalue weighted by molar-refractivity contribution is 5.97. The Hall–Kier alpha value is -4.46. The van der Waals surface area contributed by atoms with Gasteiger partial charge in [-0.2, -0.15) is 0 Å². The second-order valence-corrected chi connectivity index (χ2v) is 7.66. The summed E-state index contributed by atoms with van der Waals surface area (Å²) in [5, 5.41) is 5.48. The quantitative estimate of drug-likeness (QED) is 0.333. The molecular weight excluding hydrogens is 432 g/mol. The molecule has 4 aromatic rings. The second-order valence-electron chi connectivity index (χ2n) is 7.66. The van der Waals surface area contributed by atoms with Crippen molar-refractivity contribution in [2.24, 2.45) is 0 Å². The van der Waals surface area contributed by atoms with Crippen molar-refractivity contribution in [3.8, 4) is 0 Å². The van der Waals surface area contributed by atoms with Crippen molar-refractivity contribution < 1.29 is 19.1 Å². The molecule has 1 aromatic heterocycles. The van der Waals surface area contributed by atoms with Crippen LogP contribution in [-0.2, 0) is 27.4 Å². The van der Waals surface area contributed by atoms with E-state index in [1.54, 1.807) is 24.3 Å². The van der Waals surface area contributed by atoms with Gasteiger partial charge in [0.05, 0.1) is 23.9 Å². The molecule has 0 aliphatic rings. The summed E-state index contributed by atoms with van der Waals surface area (Å²) in [5.74, 6) is -0.426. The molecule has 2 amide bonds. The van der Waals surface area contributed by atoms with Gasteiger partial charge >= 0.3 is 5.97 Å². The smallest absolute Gasteiger partial charge is 0.307 e. The van der Waals surface area contributed by atoms with Crippen molar-refractivity contribution in [2.45, 2.75) is 19.4 Å². The molecule has 3 N–H and O–H groups in total. The summed E-state index contributed by atoms with van der Waals surface area (Å²) in [6.07, 6.45) is 0.142. The number of H-pyrrole nitrogens is 1. The number of fused-ring (bicyclic) bond motifs is 1. The lowest BCUT2D eigenvalue weighted by molar-refractivity contribution is -0.144. The number of para-hydroxylation sites is 2. The number of nitrogens with one attached hydrogen (secondary N) is 3. The number of carbonyl (C=O) groups is 3. The molecule has 8 heteroatoms. The summed E-state index contributed by atoms with van der Waals surface area (Å²) in [4.78, 5) is 44.3. The first-order valence-corrected chi connectivity index (χ1v) is 10.9. The molecule has 0 spiro atoms. The van der Waals surface area contributed by atoms with Crippen LogP contribution in [0, 0.1) is 0 Å². The van der Waals surface area contributed by atoms with Gasteiger partial charge in [0.15, 0.2) is 0 Å². The molecule has 0 aliphatic heterocycles. The van der Waals surface area contributed by atoms with Gasteiger partial charge < -0.3 is 20.4 Å². The highest BCUT2D eigenvalue weighted by Crippen LogP contribution is 2.13. The molecule has 8 nitrogen and oxygen atoms in total. The fourth-order valence-electron chi connectivity index (χ4n) is 3.38. The number of aromatic amines is 1. The first-order chi connectivity index (χ1) is 16.6. The van der Waals surface area contributed by atoms with E-state index in [0.29, 0.717) is 17.1 Å². The largest absolute Gasteiger partial charge is 0.461 e. The van der Waals surface area contributed by atoms with Gasteiger partial charge in [0.1, 0.15) is 12.4 Å². The molecule has 0 saturated carbocycles. The van der Waals surface area contributed by atoms with Crippen LogP contribution in [0.1, 0.15) is 28.2 Å². The summed E-state index contributed by atoms with van der Waals surface area (Å²) in [6, 6.07) is 23.5. The molecule has 0 saturated heterocycles. The lowest BCUT2D eigenvalue weighted by Gasteiger charge is -2.08. The molecular formula is C26H24N4O4. The van der Waals surface area contributed by atoms with Crippen LogP contribution in [0.3, 0.4) is 0 Å². The van der Waals surface area contributed by atoms with E-state index in [9.17, 15) is 14.4 Å². The highest BCUT2D eigenvalue weighted by atomic mass is 16.5. The fourth-order valence-corrected chi connectivity index (χ4v) is 3.38. The van der Waals surface area contributed by atoms with Gasteiger partial charge in [0, 0.05) is 17.8 Å². The number of ether oxygens (including phenoxy) is 1. The van der Waals surface area contributed by atoms with Gasteiger partial charge in [-0.05, 0) is 35.9 Å². The number of hydrogen-bond acceptors (Lipinski definition) is 5. The molecule has 34 heavy (non-hydrogen) atoms. The third-order valence-electron chi connectivity index (χ3n) is 5.03. The Balaban J connectivity index is 1.23. The number of imidazole rings is 1. The van der Waals surface area contributed by atoms with Crippen LogP contribution >= 0.6 is 0 Å². The Morgan fingerprint density at radius 2 is 1.71 bits per heavy atom. The summed E-state index contributed by atoms with van der Waals surface area (Å²) in [6.45, 7) is 0.346. The van der Waals surface area contributed by atoms with Crippen LogP contribution < -0.4 is 10.6 Å². The van der Waals surface area contributed by atoms with Gasteiger partial charge in [0.25, 0.3) is 5.91 Å². The van der Waals surface area contributed by atoms with E-state index in [4.69, 9.17) is 4.74 Å². The topological polar surface area (TPSA) is 113 Å². The van der Waals surface area contributed by atoms with E-state index in [0.717, 1.165) is 16.6 Å². The first kappa shape index (κ1) is 22.7. The van der Waals surface area contributed by atoms with Gasteiger partial charge in [0.2, 0.25) is 5.91 Å². The maximum absolute atomic E-state index is 12.4. The Morgan fingerprint density at radius 3 is 2.53 bits per heavy atom. The van der Waals surface area contributed by atoms with Crippen LogP contribution in [0.5, 0.6) is 0 Å². The monoisotopic (exact) mass is 456 g/mol. The number of carbonyl (C=O) groups excluding carboxylic acids is 3. The third-order valence-corrected chi connectivity index (χ3v) is 5.03. The Morgan fingerprint density at radius 1 is 0.912 bits per heavy atom. The van der Waals surface area contributed by atoms with Crippen molar-refractivity contribution in [3.63, 3.8) is 0 Å². The molecule has 0 fully saturated rings. The van der Waals surface area contributed by atoms with Crippen LogP contribution in [0.2, 0.25) is 0 Å². The Labute approximate surface area is 196 Å². The zero-order chi connectivity index (χ0) is 23.8. The summed E-state index contributed by atoms with van der Waals surface area (Å²) >= 11 is 0. The van der Waals surface area contributed by atoms with Crippen LogP contribution in [-0.4, -0.2) is 34.3 Å². The average Bonchev–Trinajstić information content (AvgIpc) is 3.25. The molecule has 0 unspecified atom stereocenters. The number of nitrogens with zero attached hydrogens (tertiary/aromatic N) is 1. The minimum atomic E-state index is -0.393. The van der Waals surface area contributed by atoms with Gasteiger partial charge in [-0.1, -0.05) is 48.5 Å². The number of hydrogen-bond donors (Lipinski definition) is 3. The van der Waals surface area contributed by atoms with Crippen LogP contribution in [0.15, 0.2) is 78.9 Å². The molecule has 4 rings (SSSR count). The number of esters is 1. The normalized spacial score (nSPS) is 10.6. The number of aromatic nitrogens is 2. The number of benzene rings is 3. The van der Waals surface area contributed by atoms with E-state index in [1.807, 2.05) is 54.6 Å². The Kier molecular flexibility index (Phi) is 7.29. The third kappa shape index (κ3) is 6.29. The lowest BCUT2D eigenvalue weighted by atomic mass is 10.2. The number of rotatable bonds is 9. The molecule has 172 valence electrons. The second kappa shape index (κ2) is 10.9. The highest BCUT2D eigenvalue weighted by Gasteiger charge is 2.11. The Bertz CT molecular complexity index is 1270.